The first-order chi connectivity index (χ1) is 5.95. The van der Waals surface area contributed by atoms with E-state index in [1.165, 1.54) is 32.1 Å². The second-order valence-corrected chi connectivity index (χ2v) is 3.22. The molecule has 0 aromatic heterocycles. The lowest BCUT2D eigenvalue weighted by Crippen LogP contribution is -2.22. The minimum atomic E-state index is -4.18. The van der Waals surface area contributed by atoms with E-state index in [1.807, 2.05) is 0 Å². The summed E-state index contributed by atoms with van der Waals surface area (Å²) in [6.07, 6.45) is 2.48. The van der Waals surface area contributed by atoms with Crippen LogP contribution in [0.5, 0.6) is 0 Å². The Balaban J connectivity index is 0.000000226. The molecule has 1 aliphatic rings. The summed E-state index contributed by atoms with van der Waals surface area (Å²) in [6, 6.07) is 0.536. The van der Waals surface area contributed by atoms with E-state index in [0.717, 1.165) is 0 Å². The number of rotatable bonds is 0. The van der Waals surface area contributed by atoms with Crippen LogP contribution in [0.15, 0.2) is 0 Å². The standard InChI is InChI=1S/C6H13N.C2H4F3N/c7-6-4-2-1-3-5-6;3-2(4,5)1-6/h6H,1-5,7H2;1,6H2. The zero-order valence-electron chi connectivity index (χ0n) is 7.61. The predicted octanol–water partition coefficient (Wildman–Crippen LogP) is 1.79. The first-order valence-electron chi connectivity index (χ1n) is 4.48. The highest BCUT2D eigenvalue weighted by Crippen LogP contribution is 2.14. The topological polar surface area (TPSA) is 52.0 Å². The molecular weight excluding hydrogens is 181 g/mol. The molecule has 0 unspecified atom stereocenters. The molecule has 0 radical (unpaired) electrons. The summed E-state index contributed by atoms with van der Waals surface area (Å²) >= 11 is 0. The molecule has 0 heterocycles. The first-order valence-corrected chi connectivity index (χ1v) is 4.48. The first kappa shape index (κ1) is 12.7. The lowest BCUT2D eigenvalue weighted by atomic mass is 9.97. The van der Waals surface area contributed by atoms with Crippen molar-refractivity contribution in [2.45, 2.75) is 44.3 Å². The summed E-state index contributed by atoms with van der Waals surface area (Å²) in [7, 11) is 0. The molecule has 0 aromatic carbocycles. The third kappa shape index (κ3) is 9.63. The van der Waals surface area contributed by atoms with Crippen molar-refractivity contribution in [3.05, 3.63) is 0 Å². The van der Waals surface area contributed by atoms with Gasteiger partial charge in [0.05, 0.1) is 6.54 Å². The highest BCUT2D eigenvalue weighted by Gasteiger charge is 2.23. The smallest absolute Gasteiger partial charge is 0.328 e. The second kappa shape index (κ2) is 6.21. The summed E-state index contributed by atoms with van der Waals surface area (Å²) in [5, 5.41) is 0. The molecule has 0 aromatic rings. The van der Waals surface area contributed by atoms with Crippen LogP contribution in [-0.2, 0) is 0 Å². The molecule has 80 valence electrons. The van der Waals surface area contributed by atoms with Crippen molar-refractivity contribution < 1.29 is 13.2 Å². The zero-order chi connectivity index (χ0) is 10.3. The van der Waals surface area contributed by atoms with Gasteiger partial charge in [0.25, 0.3) is 0 Å². The van der Waals surface area contributed by atoms with Crippen LogP contribution in [0.4, 0.5) is 13.2 Å². The lowest BCUT2D eigenvalue weighted by Gasteiger charge is -2.15. The number of nitrogens with two attached hydrogens (primary N) is 2. The van der Waals surface area contributed by atoms with Gasteiger partial charge < -0.3 is 11.5 Å². The van der Waals surface area contributed by atoms with Crippen molar-refractivity contribution in [1.29, 1.82) is 0 Å². The minimum Gasteiger partial charge on any atom is -0.328 e. The van der Waals surface area contributed by atoms with Gasteiger partial charge in [-0.25, -0.2) is 0 Å². The molecule has 0 aliphatic heterocycles. The number of halogens is 3. The fourth-order valence-corrected chi connectivity index (χ4v) is 1.13. The van der Waals surface area contributed by atoms with Gasteiger partial charge in [-0.05, 0) is 12.8 Å². The van der Waals surface area contributed by atoms with Crippen LogP contribution in [0.2, 0.25) is 0 Å². The Morgan fingerprint density at radius 1 is 1.08 bits per heavy atom. The van der Waals surface area contributed by atoms with Gasteiger partial charge in [0.1, 0.15) is 0 Å². The molecule has 1 saturated carbocycles. The number of alkyl halides is 3. The fraction of sp³-hybridized carbons (Fsp3) is 1.00. The normalized spacial score (nSPS) is 19.2. The van der Waals surface area contributed by atoms with E-state index in [1.54, 1.807) is 0 Å². The molecule has 5 heteroatoms. The molecule has 0 spiro atoms. The maximum absolute atomic E-state index is 10.7. The van der Waals surface area contributed by atoms with Gasteiger partial charge in [0.2, 0.25) is 0 Å². The largest absolute Gasteiger partial charge is 0.400 e. The second-order valence-electron chi connectivity index (χ2n) is 3.22. The van der Waals surface area contributed by atoms with Crippen LogP contribution in [0.1, 0.15) is 32.1 Å². The Hall–Kier alpha value is -0.290. The average molecular weight is 198 g/mol. The third-order valence-electron chi connectivity index (χ3n) is 1.88. The average Bonchev–Trinajstić information content (AvgIpc) is 2.06. The number of hydrogen-bond acceptors (Lipinski definition) is 2. The summed E-state index contributed by atoms with van der Waals surface area (Å²) in [5.41, 5.74) is 9.82. The van der Waals surface area contributed by atoms with Gasteiger partial charge in [-0.3, -0.25) is 0 Å². The molecule has 1 rings (SSSR count). The highest BCUT2D eigenvalue weighted by molar-refractivity contribution is 4.66. The van der Waals surface area contributed by atoms with Gasteiger partial charge in [-0.15, -0.1) is 0 Å². The Labute approximate surface area is 76.5 Å². The molecule has 0 saturated heterocycles. The van der Waals surface area contributed by atoms with Crippen LogP contribution in [0.3, 0.4) is 0 Å². The molecule has 1 aliphatic carbocycles. The maximum Gasteiger partial charge on any atom is 0.400 e. The van der Waals surface area contributed by atoms with Gasteiger partial charge in [0, 0.05) is 6.04 Å². The molecule has 1 fully saturated rings. The van der Waals surface area contributed by atoms with E-state index in [0.29, 0.717) is 6.04 Å². The van der Waals surface area contributed by atoms with Crippen LogP contribution in [0, 0.1) is 0 Å². The van der Waals surface area contributed by atoms with Crippen LogP contribution >= 0.6 is 0 Å². The van der Waals surface area contributed by atoms with Crippen molar-refractivity contribution in [3.63, 3.8) is 0 Å². The lowest BCUT2D eigenvalue weighted by molar-refractivity contribution is -0.118. The molecule has 2 nitrogen and oxygen atoms in total. The quantitative estimate of drug-likeness (QED) is 0.623. The highest BCUT2D eigenvalue weighted by atomic mass is 19.4. The van der Waals surface area contributed by atoms with Crippen LogP contribution < -0.4 is 11.5 Å². The van der Waals surface area contributed by atoms with E-state index in [-0.39, 0.29) is 0 Å². The summed E-state index contributed by atoms with van der Waals surface area (Å²) in [5.74, 6) is 0. The van der Waals surface area contributed by atoms with Gasteiger partial charge in [-0.2, -0.15) is 13.2 Å². The third-order valence-corrected chi connectivity index (χ3v) is 1.88. The minimum absolute atomic E-state index is 0.536. The Morgan fingerprint density at radius 2 is 1.46 bits per heavy atom. The summed E-state index contributed by atoms with van der Waals surface area (Å²) in [4.78, 5) is 0. The maximum atomic E-state index is 10.7. The van der Waals surface area contributed by atoms with E-state index in [4.69, 9.17) is 5.73 Å². The molecule has 4 N–H and O–H groups in total. The van der Waals surface area contributed by atoms with Gasteiger partial charge in [-0.1, -0.05) is 19.3 Å². The molecule has 13 heavy (non-hydrogen) atoms. The molecular formula is C8H17F3N2. The van der Waals surface area contributed by atoms with Crippen molar-refractivity contribution >= 4 is 0 Å². The van der Waals surface area contributed by atoms with E-state index < -0.39 is 12.7 Å². The molecule has 0 atom stereocenters. The van der Waals surface area contributed by atoms with E-state index in [2.05, 4.69) is 5.73 Å². The monoisotopic (exact) mass is 198 g/mol. The van der Waals surface area contributed by atoms with Crippen molar-refractivity contribution in [2.24, 2.45) is 11.5 Å². The van der Waals surface area contributed by atoms with E-state index >= 15 is 0 Å². The van der Waals surface area contributed by atoms with Crippen LogP contribution in [0.25, 0.3) is 0 Å². The Morgan fingerprint density at radius 3 is 1.62 bits per heavy atom. The Bertz CT molecular complexity index is 119. The zero-order valence-corrected chi connectivity index (χ0v) is 7.61. The molecule has 0 amide bonds. The number of hydrogen-bond donors (Lipinski definition) is 2. The molecule has 0 bridgehead atoms. The van der Waals surface area contributed by atoms with Gasteiger partial charge >= 0.3 is 6.18 Å². The predicted molar refractivity (Wildman–Crippen MR) is 46.2 cm³/mol. The summed E-state index contributed by atoms with van der Waals surface area (Å²) < 4.78 is 32.0. The Kier molecular flexibility index (Phi) is 6.07. The van der Waals surface area contributed by atoms with Crippen molar-refractivity contribution in [3.8, 4) is 0 Å². The summed E-state index contributed by atoms with van der Waals surface area (Å²) in [6.45, 7) is -1.23. The fourth-order valence-electron chi connectivity index (χ4n) is 1.13. The van der Waals surface area contributed by atoms with E-state index in [9.17, 15) is 13.2 Å². The van der Waals surface area contributed by atoms with Crippen molar-refractivity contribution in [2.75, 3.05) is 6.54 Å². The SMILES string of the molecule is NC1CCCCC1.NCC(F)(F)F. The van der Waals surface area contributed by atoms with Crippen LogP contribution in [-0.4, -0.2) is 18.8 Å². The van der Waals surface area contributed by atoms with Gasteiger partial charge in [0.15, 0.2) is 0 Å². The van der Waals surface area contributed by atoms with Crippen molar-refractivity contribution in [1.82, 2.24) is 0 Å².